The first-order valence-corrected chi connectivity index (χ1v) is 5.79. The molecule has 0 amide bonds. The lowest BCUT2D eigenvalue weighted by Gasteiger charge is -2.01. The van der Waals surface area contributed by atoms with Gasteiger partial charge < -0.3 is 5.73 Å². The number of nitrogens with zero attached hydrogens (tertiary/aromatic N) is 1. The normalized spacial score (nSPS) is 15.4. The Morgan fingerprint density at radius 1 is 1.24 bits per heavy atom. The van der Waals surface area contributed by atoms with E-state index in [2.05, 4.69) is 40.9 Å². The number of nitrogens with one attached hydrogen (secondary N) is 1. The van der Waals surface area contributed by atoms with Crippen LogP contribution in [0, 0.1) is 0 Å². The molecule has 0 bridgehead atoms. The molecule has 0 fully saturated rings. The van der Waals surface area contributed by atoms with E-state index < -0.39 is 0 Å². The second kappa shape index (κ2) is 3.82. The van der Waals surface area contributed by atoms with Crippen LogP contribution < -0.4 is 11.2 Å². The Hall–Kier alpha value is -1.94. The van der Waals surface area contributed by atoms with Gasteiger partial charge in [-0.25, -0.2) is 0 Å². The van der Waals surface area contributed by atoms with Crippen LogP contribution >= 0.6 is 12.2 Å². The molecule has 17 heavy (non-hydrogen) atoms. The van der Waals surface area contributed by atoms with Crippen molar-refractivity contribution in [2.45, 2.75) is 6.42 Å². The molecule has 0 atom stereocenters. The molecule has 0 spiro atoms. The summed E-state index contributed by atoms with van der Waals surface area (Å²) in [7, 11) is 0. The van der Waals surface area contributed by atoms with Gasteiger partial charge in [-0.1, -0.05) is 36.4 Å². The van der Waals surface area contributed by atoms with Gasteiger partial charge in [-0.3, -0.25) is 5.43 Å². The molecule has 4 heteroatoms. The highest BCUT2D eigenvalue weighted by atomic mass is 32.1. The molecule has 2 aromatic carbocycles. The first kappa shape index (κ1) is 10.2. The summed E-state index contributed by atoms with van der Waals surface area (Å²) in [4.78, 5) is 0. The Labute approximate surface area is 104 Å². The van der Waals surface area contributed by atoms with E-state index in [-0.39, 0.29) is 5.11 Å². The second-order valence-corrected chi connectivity index (χ2v) is 4.47. The molecule has 0 saturated heterocycles. The minimum Gasteiger partial charge on any atom is -0.375 e. The van der Waals surface area contributed by atoms with E-state index in [4.69, 9.17) is 18.0 Å². The van der Waals surface area contributed by atoms with E-state index in [0.717, 1.165) is 12.1 Å². The Bertz CT molecular complexity index is 641. The quantitative estimate of drug-likeness (QED) is 0.592. The minimum absolute atomic E-state index is 0.195. The standard InChI is InChI=1S/C13H11N3S/c14-13(17)16-15-11-7-9-5-1-3-8-4-2-6-10(11)12(8)9/h1-6H,7H2,(H3,14,16,17)/b15-11-. The zero-order valence-corrected chi connectivity index (χ0v) is 9.92. The summed E-state index contributed by atoms with van der Waals surface area (Å²) in [5.74, 6) is 0. The van der Waals surface area contributed by atoms with Crippen molar-refractivity contribution in [3.63, 3.8) is 0 Å². The third kappa shape index (κ3) is 1.66. The lowest BCUT2D eigenvalue weighted by Crippen LogP contribution is -2.25. The largest absolute Gasteiger partial charge is 0.375 e. The average Bonchev–Trinajstić information content (AvgIpc) is 2.68. The molecule has 1 aliphatic carbocycles. The van der Waals surface area contributed by atoms with Crippen LogP contribution in [0.3, 0.4) is 0 Å². The van der Waals surface area contributed by atoms with Crippen LogP contribution in [0.1, 0.15) is 11.1 Å². The predicted molar refractivity (Wildman–Crippen MR) is 74.1 cm³/mol. The van der Waals surface area contributed by atoms with Crippen LogP contribution in [0.25, 0.3) is 10.8 Å². The van der Waals surface area contributed by atoms with E-state index in [1.165, 1.54) is 21.9 Å². The molecule has 3 nitrogen and oxygen atoms in total. The van der Waals surface area contributed by atoms with Gasteiger partial charge in [0.2, 0.25) is 0 Å². The van der Waals surface area contributed by atoms with Crippen molar-refractivity contribution in [2.75, 3.05) is 0 Å². The number of nitrogens with two attached hydrogens (primary N) is 1. The van der Waals surface area contributed by atoms with Crippen LogP contribution in [0.15, 0.2) is 41.5 Å². The Morgan fingerprint density at radius 2 is 2.00 bits per heavy atom. The van der Waals surface area contributed by atoms with Gasteiger partial charge in [0, 0.05) is 12.0 Å². The molecule has 0 unspecified atom stereocenters. The second-order valence-electron chi connectivity index (χ2n) is 4.03. The summed E-state index contributed by atoms with van der Waals surface area (Å²) >= 11 is 4.76. The molecular formula is C13H11N3S. The maximum atomic E-state index is 5.39. The van der Waals surface area contributed by atoms with Crippen LogP contribution in [-0.2, 0) is 6.42 Å². The predicted octanol–water partition coefficient (Wildman–Crippen LogP) is 1.93. The van der Waals surface area contributed by atoms with E-state index in [1.54, 1.807) is 0 Å². The van der Waals surface area contributed by atoms with Gasteiger partial charge >= 0.3 is 0 Å². The molecule has 0 saturated carbocycles. The molecule has 3 N–H and O–H groups in total. The first-order valence-electron chi connectivity index (χ1n) is 5.39. The first-order chi connectivity index (χ1) is 8.25. The van der Waals surface area contributed by atoms with E-state index in [0.29, 0.717) is 0 Å². The molecule has 0 heterocycles. The van der Waals surface area contributed by atoms with Gasteiger partial charge in [-0.2, -0.15) is 5.10 Å². The van der Waals surface area contributed by atoms with Crippen LogP contribution in [0.2, 0.25) is 0 Å². The number of hydrogen-bond acceptors (Lipinski definition) is 2. The Balaban J connectivity index is 2.16. The van der Waals surface area contributed by atoms with Gasteiger partial charge in [0.05, 0.1) is 5.71 Å². The molecule has 0 radical (unpaired) electrons. The summed E-state index contributed by atoms with van der Waals surface area (Å²) in [6.07, 6.45) is 0.826. The molecule has 0 aromatic heterocycles. The average molecular weight is 241 g/mol. The van der Waals surface area contributed by atoms with Crippen molar-refractivity contribution >= 4 is 33.8 Å². The SMILES string of the molecule is NC(=S)N/N=C1/Cc2cccc3cccc1c23. The van der Waals surface area contributed by atoms with E-state index in [1.807, 2.05) is 6.07 Å². The molecule has 1 aliphatic rings. The minimum atomic E-state index is 0.195. The van der Waals surface area contributed by atoms with E-state index >= 15 is 0 Å². The lowest BCUT2D eigenvalue weighted by molar-refractivity contribution is 1.02. The molecule has 84 valence electrons. The zero-order chi connectivity index (χ0) is 11.8. The number of rotatable bonds is 1. The fraction of sp³-hybridized carbons (Fsp3) is 0.0769. The van der Waals surface area contributed by atoms with Crippen LogP contribution in [0.4, 0.5) is 0 Å². The Kier molecular flexibility index (Phi) is 2.30. The molecule has 2 aromatic rings. The monoisotopic (exact) mass is 241 g/mol. The molecule has 0 aliphatic heterocycles. The lowest BCUT2D eigenvalue weighted by atomic mass is 10.1. The highest BCUT2D eigenvalue weighted by Crippen LogP contribution is 2.30. The number of hydrogen-bond donors (Lipinski definition) is 2. The fourth-order valence-corrected chi connectivity index (χ4v) is 2.35. The van der Waals surface area contributed by atoms with Crippen LogP contribution in [0.5, 0.6) is 0 Å². The van der Waals surface area contributed by atoms with Crippen LogP contribution in [-0.4, -0.2) is 10.8 Å². The summed E-state index contributed by atoms with van der Waals surface area (Å²) < 4.78 is 0. The summed E-state index contributed by atoms with van der Waals surface area (Å²) in [5, 5.41) is 7.00. The summed E-state index contributed by atoms with van der Waals surface area (Å²) in [6.45, 7) is 0. The van der Waals surface area contributed by atoms with Gasteiger partial charge in [-0.15, -0.1) is 0 Å². The van der Waals surface area contributed by atoms with Gasteiger partial charge in [0.25, 0.3) is 0 Å². The zero-order valence-electron chi connectivity index (χ0n) is 9.10. The summed E-state index contributed by atoms with van der Waals surface area (Å²) in [5.41, 5.74) is 11.5. The smallest absolute Gasteiger partial charge is 0.184 e. The third-order valence-corrected chi connectivity index (χ3v) is 3.05. The number of thiocarbonyl (C=S) groups is 1. The maximum absolute atomic E-state index is 5.39. The number of hydrazone groups is 1. The van der Waals surface area contributed by atoms with Crippen molar-refractivity contribution in [1.29, 1.82) is 0 Å². The van der Waals surface area contributed by atoms with Crippen molar-refractivity contribution in [3.05, 3.63) is 47.5 Å². The topological polar surface area (TPSA) is 50.4 Å². The van der Waals surface area contributed by atoms with Gasteiger partial charge in [0.1, 0.15) is 0 Å². The molecular weight excluding hydrogens is 230 g/mol. The fourth-order valence-electron chi connectivity index (χ4n) is 2.30. The molecule has 3 rings (SSSR count). The van der Waals surface area contributed by atoms with Gasteiger partial charge in [0.15, 0.2) is 5.11 Å². The van der Waals surface area contributed by atoms with Crippen molar-refractivity contribution in [1.82, 2.24) is 5.43 Å². The van der Waals surface area contributed by atoms with Gasteiger partial charge in [-0.05, 0) is 28.6 Å². The Morgan fingerprint density at radius 3 is 2.76 bits per heavy atom. The van der Waals surface area contributed by atoms with Crippen molar-refractivity contribution < 1.29 is 0 Å². The maximum Gasteiger partial charge on any atom is 0.184 e. The highest BCUT2D eigenvalue weighted by molar-refractivity contribution is 7.80. The van der Waals surface area contributed by atoms with E-state index in [9.17, 15) is 0 Å². The third-order valence-electron chi connectivity index (χ3n) is 2.96. The highest BCUT2D eigenvalue weighted by Gasteiger charge is 2.19. The number of benzene rings is 2. The van der Waals surface area contributed by atoms with Crippen molar-refractivity contribution in [3.8, 4) is 0 Å². The van der Waals surface area contributed by atoms with Crippen molar-refractivity contribution in [2.24, 2.45) is 10.8 Å². The summed E-state index contributed by atoms with van der Waals surface area (Å²) in [6, 6.07) is 12.6.